The van der Waals surface area contributed by atoms with E-state index in [1.165, 1.54) is 0 Å². The lowest BCUT2D eigenvalue weighted by Gasteiger charge is -2.34. The molecule has 0 aliphatic carbocycles. The molecule has 0 unspecified atom stereocenters. The van der Waals surface area contributed by atoms with Crippen LogP contribution in [-0.4, -0.2) is 40.1 Å². The summed E-state index contributed by atoms with van der Waals surface area (Å²) in [6.45, 7) is 7.55. The molecule has 0 bridgehead atoms. The van der Waals surface area contributed by atoms with Crippen molar-refractivity contribution in [2.45, 2.75) is 43.0 Å². The molecule has 3 rings (SSSR count). The second kappa shape index (κ2) is 10.9. The second-order valence-corrected chi connectivity index (χ2v) is 10.5. The Bertz CT molecular complexity index is 1130. The van der Waals surface area contributed by atoms with Crippen molar-refractivity contribution in [2.24, 2.45) is 0 Å². The lowest BCUT2D eigenvalue weighted by atomic mass is 10.1. The van der Waals surface area contributed by atoms with Crippen molar-refractivity contribution in [3.8, 4) is 17.2 Å². The highest BCUT2D eigenvalue weighted by Gasteiger charge is 2.22. The number of benzene rings is 3. The Hall–Kier alpha value is -2.83. The lowest BCUT2D eigenvalue weighted by molar-refractivity contribution is -0.922. The van der Waals surface area contributed by atoms with E-state index in [1.807, 2.05) is 18.2 Å². The van der Waals surface area contributed by atoms with Gasteiger partial charge in [0, 0.05) is 5.56 Å². The molecule has 3 aromatic rings. The Morgan fingerprint density at radius 3 is 1.79 bits per heavy atom. The zero-order valence-electron chi connectivity index (χ0n) is 20.0. The zero-order valence-corrected chi connectivity index (χ0v) is 20.8. The van der Waals surface area contributed by atoms with Crippen LogP contribution >= 0.6 is 0 Å². The maximum atomic E-state index is 13.0. The van der Waals surface area contributed by atoms with Crippen molar-refractivity contribution in [1.82, 2.24) is 0 Å². The van der Waals surface area contributed by atoms with Gasteiger partial charge in [-0.3, -0.25) is 0 Å². The highest BCUT2D eigenvalue weighted by molar-refractivity contribution is 7.91. The summed E-state index contributed by atoms with van der Waals surface area (Å²) >= 11 is 0. The molecule has 0 radical (unpaired) electrons. The average molecular weight is 469 g/mol. The Kier molecular flexibility index (Phi) is 8.16. The van der Waals surface area contributed by atoms with Gasteiger partial charge in [0.15, 0.2) is 0 Å². The fraction of sp³-hybridized carbons (Fsp3) is 0.333. The highest BCUT2D eigenvalue weighted by Crippen LogP contribution is 2.30. The minimum atomic E-state index is -3.61. The summed E-state index contributed by atoms with van der Waals surface area (Å²) < 4.78 is 38.2. The molecule has 0 N–H and O–H groups in total. The standard InChI is InChI=1S/C27H34NO4S/c1-5-19-28(3,20-6-2)21-22-9-7-8-10-27(22)32-24-13-17-26(18-14-24)33(29,30)25-15-11-23(31-4)12-16-25/h7-18H,5-6,19-21H2,1-4H3/q+1. The van der Waals surface area contributed by atoms with Gasteiger partial charge in [-0.25, -0.2) is 8.42 Å². The van der Waals surface area contributed by atoms with Crippen molar-refractivity contribution in [2.75, 3.05) is 27.2 Å². The summed E-state index contributed by atoms with van der Waals surface area (Å²) in [5.41, 5.74) is 1.15. The molecule has 0 aromatic heterocycles. The summed E-state index contributed by atoms with van der Waals surface area (Å²) in [5.74, 6) is 2.03. The fourth-order valence-corrected chi connectivity index (χ4v) is 5.46. The number of sulfone groups is 1. The zero-order chi connectivity index (χ0) is 23.9. The maximum Gasteiger partial charge on any atom is 0.206 e. The van der Waals surface area contributed by atoms with E-state index in [2.05, 4.69) is 27.0 Å². The van der Waals surface area contributed by atoms with E-state index < -0.39 is 9.84 Å². The Balaban J connectivity index is 1.80. The molecule has 0 fully saturated rings. The topological polar surface area (TPSA) is 52.6 Å². The average Bonchev–Trinajstić information content (AvgIpc) is 2.81. The molecule has 33 heavy (non-hydrogen) atoms. The minimum Gasteiger partial charge on any atom is -0.497 e. The number of methoxy groups -OCH3 is 1. The van der Waals surface area contributed by atoms with Crippen LogP contribution < -0.4 is 9.47 Å². The first kappa shape index (κ1) is 24.8. The van der Waals surface area contributed by atoms with Crippen LogP contribution in [0.25, 0.3) is 0 Å². The summed E-state index contributed by atoms with van der Waals surface area (Å²) in [6.07, 6.45) is 2.26. The quantitative estimate of drug-likeness (QED) is 0.320. The normalized spacial score (nSPS) is 11.9. The molecule has 176 valence electrons. The van der Waals surface area contributed by atoms with Crippen LogP contribution in [0.15, 0.2) is 82.6 Å². The van der Waals surface area contributed by atoms with Gasteiger partial charge in [0.25, 0.3) is 0 Å². The smallest absolute Gasteiger partial charge is 0.206 e. The summed E-state index contributed by atoms with van der Waals surface area (Å²) in [7, 11) is 0.231. The molecule has 0 spiro atoms. The Morgan fingerprint density at radius 2 is 1.27 bits per heavy atom. The summed E-state index contributed by atoms with van der Waals surface area (Å²) in [5, 5.41) is 0. The Labute approximate surface area is 198 Å². The van der Waals surface area contributed by atoms with Crippen LogP contribution in [0.4, 0.5) is 0 Å². The number of hydrogen-bond donors (Lipinski definition) is 0. The molecule has 5 nitrogen and oxygen atoms in total. The molecule has 0 heterocycles. The number of nitrogens with zero attached hydrogens (tertiary/aromatic N) is 1. The van der Waals surface area contributed by atoms with E-state index in [9.17, 15) is 8.42 Å². The third-order valence-corrected chi connectivity index (χ3v) is 7.57. The van der Waals surface area contributed by atoms with Crippen molar-refractivity contribution < 1.29 is 22.4 Å². The monoisotopic (exact) mass is 468 g/mol. The first-order valence-corrected chi connectivity index (χ1v) is 12.9. The molecule has 0 atom stereocenters. The Morgan fingerprint density at radius 1 is 0.758 bits per heavy atom. The van der Waals surface area contributed by atoms with Crippen LogP contribution in [-0.2, 0) is 16.4 Å². The van der Waals surface area contributed by atoms with Crippen LogP contribution in [0.2, 0.25) is 0 Å². The van der Waals surface area contributed by atoms with Crippen LogP contribution in [0.5, 0.6) is 17.2 Å². The number of quaternary nitrogens is 1. The molecule has 0 amide bonds. The van der Waals surface area contributed by atoms with Gasteiger partial charge in [-0.15, -0.1) is 0 Å². The third kappa shape index (κ3) is 6.15. The van der Waals surface area contributed by atoms with Gasteiger partial charge < -0.3 is 14.0 Å². The molecule has 0 saturated heterocycles. The number of para-hydroxylation sites is 1. The van der Waals surface area contributed by atoms with E-state index >= 15 is 0 Å². The van der Waals surface area contributed by atoms with Gasteiger partial charge in [0.2, 0.25) is 9.84 Å². The van der Waals surface area contributed by atoms with Crippen LogP contribution in [0, 0.1) is 0 Å². The van der Waals surface area contributed by atoms with Crippen molar-refractivity contribution in [3.63, 3.8) is 0 Å². The summed E-state index contributed by atoms with van der Waals surface area (Å²) in [6, 6.07) is 21.1. The molecule has 0 aliphatic rings. The lowest BCUT2D eigenvalue weighted by Crippen LogP contribution is -2.44. The van der Waals surface area contributed by atoms with Gasteiger partial charge in [-0.2, -0.15) is 0 Å². The van der Waals surface area contributed by atoms with E-state index in [4.69, 9.17) is 9.47 Å². The van der Waals surface area contributed by atoms with E-state index in [1.54, 1.807) is 55.6 Å². The third-order valence-electron chi connectivity index (χ3n) is 5.78. The van der Waals surface area contributed by atoms with Gasteiger partial charge in [0.05, 0.1) is 37.0 Å². The number of rotatable bonds is 11. The summed E-state index contributed by atoms with van der Waals surface area (Å²) in [4.78, 5) is 0.453. The van der Waals surface area contributed by atoms with Crippen LogP contribution in [0.1, 0.15) is 32.3 Å². The molecular formula is C27H34NO4S+. The predicted octanol–water partition coefficient (Wildman–Crippen LogP) is 6.09. The molecule has 3 aromatic carbocycles. The minimum absolute atomic E-state index is 0.225. The first-order valence-electron chi connectivity index (χ1n) is 11.4. The SMILES string of the molecule is CCC[N+](C)(CCC)Cc1ccccc1Oc1ccc(S(=O)(=O)c2ccc(OC)cc2)cc1. The van der Waals surface area contributed by atoms with E-state index in [-0.39, 0.29) is 9.79 Å². The molecule has 0 saturated carbocycles. The second-order valence-electron chi connectivity index (χ2n) is 8.58. The first-order chi connectivity index (χ1) is 15.8. The maximum absolute atomic E-state index is 13.0. The number of hydrogen-bond acceptors (Lipinski definition) is 4. The largest absolute Gasteiger partial charge is 0.497 e. The fourth-order valence-electron chi connectivity index (χ4n) is 4.20. The van der Waals surface area contributed by atoms with Crippen molar-refractivity contribution in [3.05, 3.63) is 78.4 Å². The van der Waals surface area contributed by atoms with Gasteiger partial charge >= 0.3 is 0 Å². The predicted molar refractivity (Wildman–Crippen MR) is 132 cm³/mol. The van der Waals surface area contributed by atoms with Gasteiger partial charge in [0.1, 0.15) is 23.8 Å². The molecule has 0 aliphatic heterocycles. The van der Waals surface area contributed by atoms with Gasteiger partial charge in [-0.1, -0.05) is 26.0 Å². The van der Waals surface area contributed by atoms with Crippen LogP contribution in [0.3, 0.4) is 0 Å². The van der Waals surface area contributed by atoms with Crippen molar-refractivity contribution >= 4 is 9.84 Å². The van der Waals surface area contributed by atoms with Gasteiger partial charge in [-0.05, 0) is 73.5 Å². The number of ether oxygens (including phenoxy) is 2. The molecule has 6 heteroatoms. The highest BCUT2D eigenvalue weighted by atomic mass is 32.2. The van der Waals surface area contributed by atoms with E-state index in [0.29, 0.717) is 11.5 Å². The van der Waals surface area contributed by atoms with E-state index in [0.717, 1.165) is 48.3 Å². The molecular weight excluding hydrogens is 434 g/mol. The van der Waals surface area contributed by atoms with Crippen molar-refractivity contribution in [1.29, 1.82) is 0 Å².